The van der Waals surface area contributed by atoms with Gasteiger partial charge in [0, 0.05) is 25.0 Å². The third-order valence-corrected chi connectivity index (χ3v) is 3.19. The van der Waals surface area contributed by atoms with Crippen LogP contribution in [0.3, 0.4) is 0 Å². The number of allylic oxidation sites excluding steroid dienone is 1. The third kappa shape index (κ3) is 2.81. The van der Waals surface area contributed by atoms with E-state index in [0.29, 0.717) is 21.4 Å². The standard InChI is InChI=1S/C13H10Cl2N2O/c1-17-7-6-16-13(17)5-4-12(18)9-2-3-10(14)11(15)8-9/h2-8H,1H3. The molecule has 0 atom stereocenters. The second kappa shape index (κ2) is 5.38. The lowest BCUT2D eigenvalue weighted by Gasteiger charge is -1.99. The molecule has 0 N–H and O–H groups in total. The Hall–Kier alpha value is -1.58. The molecule has 0 saturated heterocycles. The highest BCUT2D eigenvalue weighted by molar-refractivity contribution is 6.42. The van der Waals surface area contributed by atoms with E-state index >= 15 is 0 Å². The predicted molar refractivity (Wildman–Crippen MR) is 73.0 cm³/mol. The van der Waals surface area contributed by atoms with E-state index in [-0.39, 0.29) is 5.78 Å². The maximum absolute atomic E-state index is 11.9. The van der Waals surface area contributed by atoms with E-state index in [1.54, 1.807) is 30.5 Å². The lowest BCUT2D eigenvalue weighted by atomic mass is 10.1. The topological polar surface area (TPSA) is 34.9 Å². The summed E-state index contributed by atoms with van der Waals surface area (Å²) in [5.41, 5.74) is 0.495. The van der Waals surface area contributed by atoms with E-state index in [4.69, 9.17) is 23.2 Å². The molecule has 2 rings (SSSR count). The number of imidazole rings is 1. The summed E-state index contributed by atoms with van der Waals surface area (Å²) in [5, 5.41) is 0.800. The fourth-order valence-corrected chi connectivity index (χ4v) is 1.73. The number of ketones is 1. The number of rotatable bonds is 3. The van der Waals surface area contributed by atoms with Gasteiger partial charge in [0.05, 0.1) is 10.0 Å². The van der Waals surface area contributed by atoms with Gasteiger partial charge in [0.2, 0.25) is 0 Å². The predicted octanol–water partition coefficient (Wildman–Crippen LogP) is 3.62. The van der Waals surface area contributed by atoms with Gasteiger partial charge in [0.1, 0.15) is 5.82 Å². The molecule has 0 aliphatic heterocycles. The molecule has 5 heteroatoms. The molecular weight excluding hydrogens is 271 g/mol. The zero-order chi connectivity index (χ0) is 13.1. The molecule has 1 heterocycles. The number of benzene rings is 1. The van der Waals surface area contributed by atoms with Crippen LogP contribution in [0.25, 0.3) is 6.08 Å². The normalized spacial score (nSPS) is 11.1. The molecule has 0 saturated carbocycles. The first kappa shape index (κ1) is 12.9. The zero-order valence-corrected chi connectivity index (χ0v) is 11.1. The van der Waals surface area contributed by atoms with E-state index in [1.807, 2.05) is 17.8 Å². The number of aromatic nitrogens is 2. The van der Waals surface area contributed by atoms with Crippen molar-refractivity contribution in [3.63, 3.8) is 0 Å². The Balaban J connectivity index is 2.20. The van der Waals surface area contributed by atoms with Crippen molar-refractivity contribution in [1.29, 1.82) is 0 Å². The van der Waals surface area contributed by atoms with Crippen LogP contribution < -0.4 is 0 Å². The Morgan fingerprint density at radius 1 is 1.33 bits per heavy atom. The van der Waals surface area contributed by atoms with E-state index in [0.717, 1.165) is 0 Å². The Bertz CT molecular complexity index is 617. The van der Waals surface area contributed by atoms with Gasteiger partial charge in [-0.25, -0.2) is 4.98 Å². The molecule has 0 bridgehead atoms. The van der Waals surface area contributed by atoms with Gasteiger partial charge in [-0.2, -0.15) is 0 Å². The van der Waals surface area contributed by atoms with E-state index < -0.39 is 0 Å². The first-order chi connectivity index (χ1) is 8.58. The monoisotopic (exact) mass is 280 g/mol. The Morgan fingerprint density at radius 3 is 2.72 bits per heavy atom. The smallest absolute Gasteiger partial charge is 0.186 e. The van der Waals surface area contributed by atoms with Gasteiger partial charge in [-0.1, -0.05) is 23.2 Å². The molecule has 0 amide bonds. The summed E-state index contributed by atoms with van der Waals surface area (Å²) < 4.78 is 1.82. The van der Waals surface area contributed by atoms with Crippen LogP contribution in [0.1, 0.15) is 16.2 Å². The minimum atomic E-state index is -0.142. The first-order valence-electron chi connectivity index (χ1n) is 5.22. The number of hydrogen-bond donors (Lipinski definition) is 0. The van der Waals surface area contributed by atoms with Crippen LogP contribution in [-0.4, -0.2) is 15.3 Å². The van der Waals surface area contributed by atoms with Crippen molar-refractivity contribution in [2.45, 2.75) is 0 Å². The zero-order valence-electron chi connectivity index (χ0n) is 9.60. The lowest BCUT2D eigenvalue weighted by molar-refractivity contribution is 0.104. The number of carbonyl (C=O) groups excluding carboxylic acids is 1. The van der Waals surface area contributed by atoms with Crippen molar-refractivity contribution >= 4 is 35.1 Å². The number of aryl methyl sites for hydroxylation is 1. The summed E-state index contributed by atoms with van der Waals surface area (Å²) in [6, 6.07) is 4.79. The molecule has 18 heavy (non-hydrogen) atoms. The molecule has 0 fully saturated rings. The summed E-state index contributed by atoms with van der Waals surface area (Å²) in [7, 11) is 1.86. The molecule has 0 spiro atoms. The van der Waals surface area contributed by atoms with Crippen molar-refractivity contribution < 1.29 is 4.79 Å². The Morgan fingerprint density at radius 2 is 2.11 bits per heavy atom. The van der Waals surface area contributed by atoms with Gasteiger partial charge in [0.25, 0.3) is 0 Å². The van der Waals surface area contributed by atoms with Crippen LogP contribution in [0.5, 0.6) is 0 Å². The molecule has 0 aliphatic rings. The van der Waals surface area contributed by atoms with Crippen LogP contribution in [0, 0.1) is 0 Å². The second-order valence-electron chi connectivity index (χ2n) is 3.72. The van der Waals surface area contributed by atoms with Crippen LogP contribution >= 0.6 is 23.2 Å². The van der Waals surface area contributed by atoms with Gasteiger partial charge in [-0.05, 0) is 30.4 Å². The number of hydrogen-bond acceptors (Lipinski definition) is 2. The third-order valence-electron chi connectivity index (χ3n) is 2.45. The van der Waals surface area contributed by atoms with Crippen molar-refractivity contribution in [3.8, 4) is 0 Å². The molecule has 0 aliphatic carbocycles. The van der Waals surface area contributed by atoms with Crippen LogP contribution in [0.2, 0.25) is 10.0 Å². The van der Waals surface area contributed by atoms with E-state index in [2.05, 4.69) is 4.98 Å². The average Bonchev–Trinajstić information content (AvgIpc) is 2.75. The highest BCUT2D eigenvalue weighted by Gasteiger charge is 2.05. The molecule has 0 unspecified atom stereocenters. The highest BCUT2D eigenvalue weighted by Crippen LogP contribution is 2.22. The van der Waals surface area contributed by atoms with Gasteiger partial charge < -0.3 is 4.57 Å². The van der Waals surface area contributed by atoms with Gasteiger partial charge in [-0.3, -0.25) is 4.79 Å². The van der Waals surface area contributed by atoms with Crippen molar-refractivity contribution in [1.82, 2.24) is 9.55 Å². The van der Waals surface area contributed by atoms with Gasteiger partial charge in [0.15, 0.2) is 5.78 Å². The maximum atomic E-state index is 11.9. The van der Waals surface area contributed by atoms with Gasteiger partial charge >= 0.3 is 0 Å². The van der Waals surface area contributed by atoms with Crippen molar-refractivity contribution in [3.05, 3.63) is 58.1 Å². The summed E-state index contributed by atoms with van der Waals surface area (Å²) >= 11 is 11.6. The van der Waals surface area contributed by atoms with Crippen molar-refractivity contribution in [2.75, 3.05) is 0 Å². The number of halogens is 2. The van der Waals surface area contributed by atoms with Crippen LogP contribution in [0.15, 0.2) is 36.7 Å². The van der Waals surface area contributed by atoms with E-state index in [9.17, 15) is 4.79 Å². The number of nitrogens with zero attached hydrogens (tertiary/aromatic N) is 2. The summed E-state index contributed by atoms with van der Waals surface area (Å²) in [5.74, 6) is 0.569. The molecule has 3 nitrogen and oxygen atoms in total. The quantitative estimate of drug-likeness (QED) is 0.636. The molecular formula is C13H10Cl2N2O. The fourth-order valence-electron chi connectivity index (χ4n) is 1.43. The summed E-state index contributed by atoms with van der Waals surface area (Å²) in [6.45, 7) is 0. The highest BCUT2D eigenvalue weighted by atomic mass is 35.5. The summed E-state index contributed by atoms with van der Waals surface area (Å²) in [4.78, 5) is 16.0. The average molecular weight is 281 g/mol. The first-order valence-corrected chi connectivity index (χ1v) is 5.98. The van der Waals surface area contributed by atoms with Crippen LogP contribution in [0.4, 0.5) is 0 Å². The Labute approximate surface area is 115 Å². The SMILES string of the molecule is Cn1ccnc1C=CC(=O)c1ccc(Cl)c(Cl)c1. The molecule has 1 aromatic carbocycles. The largest absolute Gasteiger partial charge is 0.335 e. The molecule has 0 radical (unpaired) electrons. The molecule has 2 aromatic rings. The van der Waals surface area contributed by atoms with E-state index in [1.165, 1.54) is 6.08 Å². The van der Waals surface area contributed by atoms with Gasteiger partial charge in [-0.15, -0.1) is 0 Å². The Kier molecular flexibility index (Phi) is 3.84. The lowest BCUT2D eigenvalue weighted by Crippen LogP contribution is -1.95. The van der Waals surface area contributed by atoms with Crippen molar-refractivity contribution in [2.24, 2.45) is 7.05 Å². The minimum Gasteiger partial charge on any atom is -0.335 e. The minimum absolute atomic E-state index is 0.142. The maximum Gasteiger partial charge on any atom is 0.186 e. The number of carbonyl (C=O) groups is 1. The summed E-state index contributed by atoms with van der Waals surface area (Å²) in [6.07, 6.45) is 6.60. The molecule has 1 aromatic heterocycles. The fraction of sp³-hybridized carbons (Fsp3) is 0.0769. The second-order valence-corrected chi connectivity index (χ2v) is 4.54. The van der Waals surface area contributed by atoms with Crippen LogP contribution in [-0.2, 0) is 7.05 Å². The molecule has 92 valence electrons.